The van der Waals surface area contributed by atoms with Gasteiger partial charge in [0.15, 0.2) is 0 Å². The molecule has 1 aliphatic heterocycles. The number of hydrogen-bond acceptors (Lipinski definition) is 3. The van der Waals surface area contributed by atoms with Gasteiger partial charge >= 0.3 is 5.97 Å². The molecule has 5 heteroatoms. The highest BCUT2D eigenvalue weighted by Crippen LogP contribution is 2.23. The molecule has 148 valence electrons. The van der Waals surface area contributed by atoms with Gasteiger partial charge in [0.2, 0.25) is 5.91 Å². The maximum Gasteiger partial charge on any atom is 0.335 e. The quantitative estimate of drug-likeness (QED) is 0.612. The number of aliphatic hydroxyl groups is 1. The number of carbonyl (C=O) groups is 2. The van der Waals surface area contributed by atoms with Crippen molar-refractivity contribution in [3.05, 3.63) is 47.5 Å². The summed E-state index contributed by atoms with van der Waals surface area (Å²) in [6, 6.07) is 6.88. The average Bonchev–Trinajstić information content (AvgIpc) is 2.98. The van der Waals surface area contributed by atoms with Gasteiger partial charge in [0.05, 0.1) is 17.2 Å². The van der Waals surface area contributed by atoms with Crippen LogP contribution in [-0.2, 0) is 11.2 Å². The topological polar surface area (TPSA) is 77.8 Å². The Labute approximate surface area is 161 Å². The number of carbonyl (C=O) groups excluding carboxylic acids is 1. The number of hydrogen-bond donors (Lipinski definition) is 2. The standard InChI is InChI=1S/C22H31NO4/c1-3-4-14-22(2,27)15-5-6-19-11-12-20(24)23(19)16-13-17-7-9-18(10-8-17)21(25)26/h5-10,19,27H,3-4,11-16H2,1-2H3,(H,25,26)/t19-,22+/m1/s1. The van der Waals surface area contributed by atoms with Crippen LogP contribution >= 0.6 is 0 Å². The fraction of sp³-hybridized carbons (Fsp3) is 0.545. The summed E-state index contributed by atoms with van der Waals surface area (Å²) in [6.07, 6.45) is 9.59. The molecule has 5 nitrogen and oxygen atoms in total. The lowest BCUT2D eigenvalue weighted by Gasteiger charge is -2.24. The Balaban J connectivity index is 1.89. The molecule has 2 N–H and O–H groups in total. The first-order valence-corrected chi connectivity index (χ1v) is 9.83. The van der Waals surface area contributed by atoms with Crippen LogP contribution in [0.1, 0.15) is 68.3 Å². The predicted molar refractivity (Wildman–Crippen MR) is 106 cm³/mol. The fourth-order valence-corrected chi connectivity index (χ4v) is 3.45. The van der Waals surface area contributed by atoms with E-state index in [1.165, 1.54) is 0 Å². The minimum absolute atomic E-state index is 0.0813. The van der Waals surface area contributed by atoms with Crippen molar-refractivity contribution in [1.82, 2.24) is 4.90 Å². The van der Waals surface area contributed by atoms with E-state index in [-0.39, 0.29) is 17.5 Å². The maximum absolute atomic E-state index is 12.2. The lowest BCUT2D eigenvalue weighted by atomic mass is 9.95. The van der Waals surface area contributed by atoms with Crippen LogP contribution in [0.4, 0.5) is 0 Å². The lowest BCUT2D eigenvalue weighted by Crippen LogP contribution is -2.33. The van der Waals surface area contributed by atoms with Crippen molar-refractivity contribution in [2.45, 2.75) is 70.4 Å². The molecular weight excluding hydrogens is 342 g/mol. The Bertz CT molecular complexity index is 663. The van der Waals surface area contributed by atoms with Crippen LogP contribution in [0.2, 0.25) is 0 Å². The highest BCUT2D eigenvalue weighted by Gasteiger charge is 2.28. The van der Waals surface area contributed by atoms with E-state index in [0.717, 1.165) is 31.2 Å². The summed E-state index contributed by atoms with van der Waals surface area (Å²) in [5.74, 6) is -0.777. The van der Waals surface area contributed by atoms with Gasteiger partial charge in [-0.2, -0.15) is 0 Å². The largest absolute Gasteiger partial charge is 0.478 e. The van der Waals surface area contributed by atoms with Crippen LogP contribution in [0, 0.1) is 0 Å². The molecule has 0 spiro atoms. The molecule has 1 fully saturated rings. The molecule has 1 heterocycles. The third kappa shape index (κ3) is 6.51. The van der Waals surface area contributed by atoms with Crippen LogP contribution < -0.4 is 0 Å². The minimum atomic E-state index is -0.934. The zero-order chi connectivity index (χ0) is 19.9. The van der Waals surface area contributed by atoms with Crippen LogP contribution in [0.25, 0.3) is 0 Å². The van der Waals surface area contributed by atoms with E-state index in [1.54, 1.807) is 24.3 Å². The fourth-order valence-electron chi connectivity index (χ4n) is 3.45. The number of carboxylic acids is 1. The molecule has 0 unspecified atom stereocenters. The number of nitrogens with zero attached hydrogens (tertiary/aromatic N) is 1. The zero-order valence-corrected chi connectivity index (χ0v) is 16.4. The van der Waals surface area contributed by atoms with E-state index < -0.39 is 11.6 Å². The molecule has 2 atom stereocenters. The molecule has 27 heavy (non-hydrogen) atoms. The molecule has 1 aromatic carbocycles. The van der Waals surface area contributed by atoms with Gasteiger partial charge in [0.25, 0.3) is 0 Å². The number of rotatable bonds is 10. The Morgan fingerprint density at radius 3 is 2.67 bits per heavy atom. The normalized spacial score (nSPS) is 19.6. The SMILES string of the molecule is CCCC[C@](C)(O)CC=C[C@@H]1CCC(=O)N1CCc1ccc(C(=O)O)cc1. The van der Waals surface area contributed by atoms with Gasteiger partial charge < -0.3 is 15.1 Å². The van der Waals surface area contributed by atoms with Crippen LogP contribution in [-0.4, -0.2) is 45.2 Å². The third-order valence-electron chi connectivity index (χ3n) is 5.20. The second-order valence-electron chi connectivity index (χ2n) is 7.68. The van der Waals surface area contributed by atoms with Gasteiger partial charge in [0, 0.05) is 13.0 Å². The van der Waals surface area contributed by atoms with Crippen molar-refractivity contribution >= 4 is 11.9 Å². The summed E-state index contributed by atoms with van der Waals surface area (Å²) in [5.41, 5.74) is 0.600. The predicted octanol–water partition coefficient (Wildman–Crippen LogP) is 3.81. The zero-order valence-electron chi connectivity index (χ0n) is 16.4. The molecule has 2 rings (SSSR count). The van der Waals surface area contributed by atoms with E-state index >= 15 is 0 Å². The summed E-state index contributed by atoms with van der Waals surface area (Å²) >= 11 is 0. The number of unbranched alkanes of at least 4 members (excludes halogenated alkanes) is 1. The Morgan fingerprint density at radius 2 is 2.04 bits per heavy atom. The van der Waals surface area contributed by atoms with Gasteiger partial charge in [0.1, 0.15) is 0 Å². The number of amides is 1. The molecule has 1 aliphatic rings. The number of carboxylic acid groups (broad SMARTS) is 1. The smallest absolute Gasteiger partial charge is 0.335 e. The Morgan fingerprint density at radius 1 is 1.33 bits per heavy atom. The highest BCUT2D eigenvalue weighted by atomic mass is 16.4. The van der Waals surface area contributed by atoms with Gasteiger partial charge in [-0.25, -0.2) is 4.79 Å². The lowest BCUT2D eigenvalue weighted by molar-refractivity contribution is -0.128. The Kier molecular flexibility index (Phi) is 7.60. The van der Waals surface area contributed by atoms with Crippen molar-refractivity contribution in [3.8, 4) is 0 Å². The first-order valence-electron chi connectivity index (χ1n) is 9.83. The third-order valence-corrected chi connectivity index (χ3v) is 5.20. The van der Waals surface area contributed by atoms with E-state index in [9.17, 15) is 14.7 Å². The molecule has 1 saturated heterocycles. The molecule has 0 aliphatic carbocycles. The molecule has 1 amide bonds. The molecular formula is C22H31NO4. The maximum atomic E-state index is 12.2. The minimum Gasteiger partial charge on any atom is -0.478 e. The summed E-state index contributed by atoms with van der Waals surface area (Å²) in [4.78, 5) is 25.0. The summed E-state index contributed by atoms with van der Waals surface area (Å²) in [5, 5.41) is 19.3. The molecule has 0 bridgehead atoms. The van der Waals surface area contributed by atoms with E-state index in [1.807, 2.05) is 17.9 Å². The summed E-state index contributed by atoms with van der Waals surface area (Å²) in [6.45, 7) is 4.60. The second kappa shape index (κ2) is 9.70. The first-order chi connectivity index (χ1) is 12.8. The van der Waals surface area contributed by atoms with Crippen molar-refractivity contribution in [3.63, 3.8) is 0 Å². The van der Waals surface area contributed by atoms with Crippen molar-refractivity contribution in [2.75, 3.05) is 6.54 Å². The van der Waals surface area contributed by atoms with Gasteiger partial charge in [-0.05, 0) is 50.3 Å². The number of benzene rings is 1. The van der Waals surface area contributed by atoms with E-state index in [0.29, 0.717) is 25.8 Å². The van der Waals surface area contributed by atoms with Crippen LogP contribution in [0.5, 0.6) is 0 Å². The summed E-state index contributed by atoms with van der Waals surface area (Å²) in [7, 11) is 0. The van der Waals surface area contributed by atoms with Crippen molar-refractivity contribution < 1.29 is 19.8 Å². The molecule has 1 aromatic rings. The highest BCUT2D eigenvalue weighted by molar-refractivity contribution is 5.87. The van der Waals surface area contributed by atoms with Gasteiger partial charge in [-0.3, -0.25) is 4.79 Å². The van der Waals surface area contributed by atoms with Crippen LogP contribution in [0.3, 0.4) is 0 Å². The van der Waals surface area contributed by atoms with Crippen LogP contribution in [0.15, 0.2) is 36.4 Å². The monoisotopic (exact) mass is 373 g/mol. The molecule has 0 radical (unpaired) electrons. The van der Waals surface area contributed by atoms with E-state index in [4.69, 9.17) is 5.11 Å². The second-order valence-corrected chi connectivity index (χ2v) is 7.68. The van der Waals surface area contributed by atoms with Gasteiger partial charge in [-0.15, -0.1) is 0 Å². The van der Waals surface area contributed by atoms with Gasteiger partial charge in [-0.1, -0.05) is 44.1 Å². The van der Waals surface area contributed by atoms with Crippen molar-refractivity contribution in [1.29, 1.82) is 0 Å². The first kappa shape index (κ1) is 21.2. The van der Waals surface area contributed by atoms with Crippen molar-refractivity contribution in [2.24, 2.45) is 0 Å². The number of aromatic carboxylic acids is 1. The average molecular weight is 373 g/mol. The van der Waals surface area contributed by atoms with E-state index in [2.05, 4.69) is 13.0 Å². The number of likely N-dealkylation sites (tertiary alicyclic amines) is 1. The molecule has 0 aromatic heterocycles. The Hall–Kier alpha value is -2.14. The molecule has 0 saturated carbocycles. The summed E-state index contributed by atoms with van der Waals surface area (Å²) < 4.78 is 0.